The minimum Gasteiger partial charge on any atom is -0.392 e. The number of aliphatic hydroxyl groups is 2. The summed E-state index contributed by atoms with van der Waals surface area (Å²) < 4.78 is 85.6. The monoisotopic (exact) mass is 846 g/mol. The minimum absolute atomic E-state index is 0.000668. The molecule has 0 unspecified atom stereocenters. The van der Waals surface area contributed by atoms with Gasteiger partial charge in [0, 0.05) is 34.9 Å². The van der Waals surface area contributed by atoms with Gasteiger partial charge in [0.2, 0.25) is 11.6 Å². The molecule has 8 aromatic rings. The second-order valence-corrected chi connectivity index (χ2v) is 14.4. The Labute approximate surface area is 353 Å². The molecule has 6 aromatic carbocycles. The van der Waals surface area contributed by atoms with E-state index in [1.165, 1.54) is 6.07 Å². The van der Waals surface area contributed by atoms with E-state index in [9.17, 15) is 27.1 Å². The van der Waals surface area contributed by atoms with E-state index in [1.54, 1.807) is 62.6 Å². The fourth-order valence-electron chi connectivity index (χ4n) is 6.97. The molecule has 0 radical (unpaired) electrons. The highest BCUT2D eigenvalue weighted by Gasteiger charge is 2.35. The molecule has 0 aliphatic heterocycles. The van der Waals surface area contributed by atoms with Crippen molar-refractivity contribution in [3.05, 3.63) is 166 Å². The number of halogens is 5. The highest BCUT2D eigenvalue weighted by atomic mass is 19.4. The molecule has 316 valence electrons. The summed E-state index contributed by atoms with van der Waals surface area (Å²) >= 11 is 0. The van der Waals surface area contributed by atoms with E-state index in [0.29, 0.717) is 23.3 Å². The van der Waals surface area contributed by atoms with Gasteiger partial charge in [-0.05, 0) is 113 Å². The summed E-state index contributed by atoms with van der Waals surface area (Å²) in [5.41, 5.74) is 7.68. The Morgan fingerprint density at radius 1 is 0.548 bits per heavy atom. The SMILES string of the molecule is COCc1cc(-c2nc(-c3cc(F)c(CO)c(F)c3)no2)ccc1-c1ccccc1C.Cc1cc(-c2noc(-c3ccc(-c4ccccc4C)c(C(F)(F)F)c3)n2)ccc1CO. The standard InChI is InChI=1S/C24H19F3N2O2.C24H20F2N2O3/c1-14-5-3-4-6-19(14)20-10-9-17(12-21(20)24(25,26)27)23-28-22(29-31-23)16-7-8-18(13-30)15(2)11-16;1-14-5-3-4-6-18(14)19-8-7-15(9-17(19)13-30-2)24-27-23(28-31-24)16-10-21(25)20(12-29)22(26)11-16/h3-12,30H,13H2,1-2H3;3-11,29H,12-13H2,1-2H3. The Kier molecular flexibility index (Phi) is 12.8. The van der Waals surface area contributed by atoms with Crippen molar-refractivity contribution in [3.8, 4) is 67.9 Å². The smallest absolute Gasteiger partial charge is 0.392 e. The van der Waals surface area contributed by atoms with Crippen LogP contribution >= 0.6 is 0 Å². The minimum atomic E-state index is -4.55. The van der Waals surface area contributed by atoms with Gasteiger partial charge in [-0.15, -0.1) is 0 Å². The fourth-order valence-corrected chi connectivity index (χ4v) is 6.97. The van der Waals surface area contributed by atoms with Crippen LogP contribution in [-0.4, -0.2) is 37.6 Å². The lowest BCUT2D eigenvalue weighted by molar-refractivity contribution is -0.137. The van der Waals surface area contributed by atoms with Gasteiger partial charge >= 0.3 is 6.18 Å². The van der Waals surface area contributed by atoms with Crippen molar-refractivity contribution in [2.75, 3.05) is 7.11 Å². The Bertz CT molecular complexity index is 2850. The quantitative estimate of drug-likeness (QED) is 0.129. The highest BCUT2D eigenvalue weighted by Crippen LogP contribution is 2.40. The van der Waals surface area contributed by atoms with Crippen LogP contribution in [0.1, 0.15) is 38.9 Å². The lowest BCUT2D eigenvalue weighted by atomic mass is 9.94. The summed E-state index contributed by atoms with van der Waals surface area (Å²) in [5.74, 6) is -1.20. The summed E-state index contributed by atoms with van der Waals surface area (Å²) in [7, 11) is 1.62. The fraction of sp³-hybridized carbons (Fsp3) is 0.167. The number of aromatic nitrogens is 4. The molecule has 0 atom stereocenters. The molecule has 0 spiro atoms. The van der Waals surface area contributed by atoms with Crippen molar-refractivity contribution in [2.45, 2.75) is 46.8 Å². The van der Waals surface area contributed by atoms with Gasteiger partial charge in [0.05, 0.1) is 25.4 Å². The number of hydrogen-bond donors (Lipinski definition) is 2. The molecule has 0 saturated carbocycles. The lowest BCUT2D eigenvalue weighted by Crippen LogP contribution is -2.08. The van der Waals surface area contributed by atoms with Crippen LogP contribution in [-0.2, 0) is 30.7 Å². The van der Waals surface area contributed by atoms with Gasteiger partial charge in [-0.1, -0.05) is 83.1 Å². The maximum atomic E-state index is 14.0. The zero-order valence-corrected chi connectivity index (χ0v) is 33.9. The zero-order chi connectivity index (χ0) is 44.1. The molecule has 8 rings (SSSR count). The van der Waals surface area contributed by atoms with Gasteiger partial charge in [-0.2, -0.15) is 23.1 Å². The molecule has 2 N–H and O–H groups in total. The maximum Gasteiger partial charge on any atom is 0.417 e. The molecule has 0 aliphatic rings. The number of methoxy groups -OCH3 is 1. The molecule has 0 saturated heterocycles. The summed E-state index contributed by atoms with van der Waals surface area (Å²) in [5, 5.41) is 26.1. The van der Waals surface area contributed by atoms with Crippen LogP contribution in [0.2, 0.25) is 0 Å². The van der Waals surface area contributed by atoms with Crippen molar-refractivity contribution in [3.63, 3.8) is 0 Å². The van der Waals surface area contributed by atoms with Gasteiger partial charge in [0.1, 0.15) is 11.6 Å². The molecule has 0 bridgehead atoms. The average Bonchev–Trinajstić information content (AvgIpc) is 3.96. The largest absolute Gasteiger partial charge is 0.417 e. The predicted octanol–water partition coefficient (Wildman–Crippen LogP) is 11.5. The Hall–Kier alpha value is -6.87. The number of nitrogens with zero attached hydrogens (tertiary/aromatic N) is 4. The van der Waals surface area contributed by atoms with Crippen LogP contribution in [0.25, 0.3) is 67.9 Å². The van der Waals surface area contributed by atoms with E-state index < -0.39 is 35.5 Å². The zero-order valence-electron chi connectivity index (χ0n) is 33.9. The van der Waals surface area contributed by atoms with Gasteiger partial charge in [0.15, 0.2) is 0 Å². The molecular formula is C48H39F5N4O5. The average molecular weight is 847 g/mol. The van der Waals surface area contributed by atoms with Crippen LogP contribution in [0.15, 0.2) is 124 Å². The number of rotatable bonds is 10. The number of alkyl halides is 3. The number of hydrogen-bond acceptors (Lipinski definition) is 9. The van der Waals surface area contributed by atoms with E-state index in [-0.39, 0.29) is 46.7 Å². The van der Waals surface area contributed by atoms with E-state index in [4.69, 9.17) is 18.9 Å². The highest BCUT2D eigenvalue weighted by molar-refractivity contribution is 5.76. The van der Waals surface area contributed by atoms with E-state index >= 15 is 0 Å². The third kappa shape index (κ3) is 9.22. The van der Waals surface area contributed by atoms with Crippen molar-refractivity contribution in [1.29, 1.82) is 0 Å². The Morgan fingerprint density at radius 3 is 1.61 bits per heavy atom. The van der Waals surface area contributed by atoms with Crippen LogP contribution in [0.3, 0.4) is 0 Å². The second-order valence-electron chi connectivity index (χ2n) is 14.4. The third-order valence-corrected chi connectivity index (χ3v) is 10.3. The molecule has 2 aromatic heterocycles. The summed E-state index contributed by atoms with van der Waals surface area (Å²) in [4.78, 5) is 8.58. The first-order chi connectivity index (χ1) is 29.8. The molecule has 0 amide bonds. The van der Waals surface area contributed by atoms with Crippen LogP contribution in [0.4, 0.5) is 22.0 Å². The normalized spacial score (nSPS) is 11.4. The van der Waals surface area contributed by atoms with Crippen molar-refractivity contribution in [2.24, 2.45) is 0 Å². The first kappa shape index (κ1) is 43.2. The Balaban J connectivity index is 0.000000186. The summed E-state index contributed by atoms with van der Waals surface area (Å²) in [6.45, 7) is 5.23. The topological polar surface area (TPSA) is 128 Å². The van der Waals surface area contributed by atoms with Crippen molar-refractivity contribution in [1.82, 2.24) is 20.3 Å². The number of aryl methyl sites for hydroxylation is 3. The van der Waals surface area contributed by atoms with Crippen molar-refractivity contribution < 1.29 is 45.9 Å². The van der Waals surface area contributed by atoms with Crippen LogP contribution in [0.5, 0.6) is 0 Å². The molecule has 2 heterocycles. The van der Waals surface area contributed by atoms with Crippen LogP contribution < -0.4 is 0 Å². The van der Waals surface area contributed by atoms with Gasteiger partial charge in [-0.25, -0.2) is 8.78 Å². The van der Waals surface area contributed by atoms with E-state index in [0.717, 1.165) is 57.1 Å². The maximum absolute atomic E-state index is 14.0. The van der Waals surface area contributed by atoms with Crippen LogP contribution in [0, 0.1) is 32.4 Å². The van der Waals surface area contributed by atoms with Gasteiger partial charge in [0.25, 0.3) is 11.8 Å². The molecule has 9 nitrogen and oxygen atoms in total. The molecular weight excluding hydrogens is 808 g/mol. The molecule has 0 aliphatic carbocycles. The third-order valence-electron chi connectivity index (χ3n) is 10.3. The number of aliphatic hydroxyl groups excluding tert-OH is 2. The van der Waals surface area contributed by atoms with Gasteiger partial charge in [-0.3, -0.25) is 0 Å². The van der Waals surface area contributed by atoms with Gasteiger partial charge < -0.3 is 24.0 Å². The first-order valence-corrected chi connectivity index (χ1v) is 19.2. The molecule has 0 fully saturated rings. The predicted molar refractivity (Wildman–Crippen MR) is 223 cm³/mol. The summed E-state index contributed by atoms with van der Waals surface area (Å²) in [6.07, 6.45) is -4.55. The summed E-state index contributed by atoms with van der Waals surface area (Å²) in [6, 6.07) is 32.2. The van der Waals surface area contributed by atoms with E-state index in [2.05, 4.69) is 20.3 Å². The second kappa shape index (κ2) is 18.4. The number of benzene rings is 6. The Morgan fingerprint density at radius 2 is 1.08 bits per heavy atom. The lowest BCUT2D eigenvalue weighted by Gasteiger charge is -2.15. The first-order valence-electron chi connectivity index (χ1n) is 19.2. The van der Waals surface area contributed by atoms with E-state index in [1.807, 2.05) is 56.3 Å². The van der Waals surface area contributed by atoms with Crippen molar-refractivity contribution >= 4 is 0 Å². The number of ether oxygens (including phenoxy) is 1. The molecule has 14 heteroatoms. The molecule has 62 heavy (non-hydrogen) atoms.